The van der Waals surface area contributed by atoms with Gasteiger partial charge < -0.3 is 19.7 Å². The predicted molar refractivity (Wildman–Crippen MR) is 55.1 cm³/mol. The van der Waals surface area contributed by atoms with E-state index in [9.17, 15) is 9.59 Å². The minimum atomic E-state index is -1.49. The third-order valence-corrected chi connectivity index (χ3v) is 1.83. The van der Waals surface area contributed by atoms with E-state index in [1.807, 2.05) is 0 Å². The molecule has 0 spiro atoms. The van der Waals surface area contributed by atoms with Crippen molar-refractivity contribution >= 4 is 11.9 Å². The summed E-state index contributed by atoms with van der Waals surface area (Å²) in [6.45, 7) is 1.65. The van der Waals surface area contributed by atoms with Crippen molar-refractivity contribution < 1.29 is 29.3 Å². The molecule has 0 saturated carbocycles. The molecule has 0 aromatic heterocycles. The normalized spacial score (nSPS) is 12.3. The number of carboxylic acids is 2. The highest BCUT2D eigenvalue weighted by molar-refractivity contribution is 5.72. The first kappa shape index (κ1) is 14.9. The number of aliphatic carboxylic acids is 2. The van der Waals surface area contributed by atoms with Gasteiger partial charge in [-0.1, -0.05) is 26.2 Å². The maximum Gasteiger partial charge on any atom is 0.361 e. The van der Waals surface area contributed by atoms with E-state index in [0.29, 0.717) is 0 Å². The van der Waals surface area contributed by atoms with E-state index in [0.717, 1.165) is 25.7 Å². The van der Waals surface area contributed by atoms with Gasteiger partial charge in [-0.2, -0.15) is 0 Å². The number of rotatable bonds is 10. The fraction of sp³-hybridized carbons (Fsp3) is 0.800. The van der Waals surface area contributed by atoms with Crippen LogP contribution in [-0.4, -0.2) is 41.7 Å². The fourth-order valence-electron chi connectivity index (χ4n) is 1.06. The number of ether oxygens (including phenoxy) is 2. The van der Waals surface area contributed by atoms with Gasteiger partial charge in [-0.25, -0.2) is 9.59 Å². The van der Waals surface area contributed by atoms with Crippen LogP contribution in [-0.2, 0) is 19.1 Å². The summed E-state index contributed by atoms with van der Waals surface area (Å²) in [5.41, 5.74) is 0. The van der Waals surface area contributed by atoms with Crippen LogP contribution in [0.1, 0.15) is 32.6 Å². The molecule has 0 rings (SSSR count). The standard InChI is InChI=1S/C10H18O6/c1-2-3-4-5-6-15-10(9(13)14)16-7-8(11)12/h10H,2-7H2,1H3,(H,11,12)(H,13,14). The van der Waals surface area contributed by atoms with Gasteiger partial charge in [0.05, 0.1) is 6.61 Å². The summed E-state index contributed by atoms with van der Waals surface area (Å²) in [6, 6.07) is 0. The van der Waals surface area contributed by atoms with Crippen molar-refractivity contribution in [1.29, 1.82) is 0 Å². The molecule has 0 fully saturated rings. The summed E-state index contributed by atoms with van der Waals surface area (Å²) in [5.74, 6) is -2.53. The lowest BCUT2D eigenvalue weighted by molar-refractivity contribution is -0.193. The molecule has 0 aromatic rings. The zero-order valence-corrected chi connectivity index (χ0v) is 9.35. The van der Waals surface area contributed by atoms with E-state index < -0.39 is 24.8 Å². The van der Waals surface area contributed by atoms with Crippen molar-refractivity contribution in [2.75, 3.05) is 13.2 Å². The third-order valence-electron chi connectivity index (χ3n) is 1.83. The average molecular weight is 234 g/mol. The zero-order valence-electron chi connectivity index (χ0n) is 9.35. The Bertz CT molecular complexity index is 215. The lowest BCUT2D eigenvalue weighted by atomic mass is 10.2. The van der Waals surface area contributed by atoms with Crippen LogP contribution in [0, 0.1) is 0 Å². The zero-order chi connectivity index (χ0) is 12.4. The summed E-state index contributed by atoms with van der Waals surface area (Å²) < 4.78 is 9.47. The Labute approximate surface area is 94.2 Å². The monoisotopic (exact) mass is 234 g/mol. The topological polar surface area (TPSA) is 93.1 Å². The highest BCUT2D eigenvalue weighted by atomic mass is 16.7. The Morgan fingerprint density at radius 3 is 2.31 bits per heavy atom. The number of carboxylic acid groups (broad SMARTS) is 2. The molecule has 6 heteroatoms. The van der Waals surface area contributed by atoms with Gasteiger partial charge in [-0.05, 0) is 6.42 Å². The molecule has 1 atom stereocenters. The van der Waals surface area contributed by atoms with Gasteiger partial charge in [0, 0.05) is 0 Å². The van der Waals surface area contributed by atoms with Crippen molar-refractivity contribution in [1.82, 2.24) is 0 Å². The lowest BCUT2D eigenvalue weighted by Crippen LogP contribution is -2.29. The molecule has 0 aliphatic rings. The number of hydrogen-bond donors (Lipinski definition) is 2. The largest absolute Gasteiger partial charge is 0.480 e. The van der Waals surface area contributed by atoms with Crippen LogP contribution >= 0.6 is 0 Å². The number of hydrogen-bond acceptors (Lipinski definition) is 4. The fourth-order valence-corrected chi connectivity index (χ4v) is 1.06. The van der Waals surface area contributed by atoms with Crippen LogP contribution < -0.4 is 0 Å². The summed E-state index contributed by atoms with van der Waals surface area (Å²) in [6.07, 6.45) is 2.36. The van der Waals surface area contributed by atoms with Crippen LogP contribution in [0.25, 0.3) is 0 Å². The highest BCUT2D eigenvalue weighted by Crippen LogP contribution is 2.02. The van der Waals surface area contributed by atoms with Crippen molar-refractivity contribution in [3.8, 4) is 0 Å². The molecule has 0 heterocycles. The van der Waals surface area contributed by atoms with Crippen LogP contribution in [0.2, 0.25) is 0 Å². The van der Waals surface area contributed by atoms with Crippen molar-refractivity contribution in [2.45, 2.75) is 38.9 Å². The quantitative estimate of drug-likeness (QED) is 0.434. The molecule has 0 saturated heterocycles. The summed E-state index contributed by atoms with van der Waals surface area (Å²) >= 11 is 0. The van der Waals surface area contributed by atoms with E-state index in [2.05, 4.69) is 11.7 Å². The first-order valence-corrected chi connectivity index (χ1v) is 5.25. The molecule has 0 bridgehead atoms. The first-order valence-electron chi connectivity index (χ1n) is 5.25. The Morgan fingerprint density at radius 1 is 1.12 bits per heavy atom. The van der Waals surface area contributed by atoms with Crippen LogP contribution in [0.5, 0.6) is 0 Å². The van der Waals surface area contributed by atoms with Gasteiger partial charge in [0.25, 0.3) is 6.29 Å². The SMILES string of the molecule is CCCCCCOC(OCC(=O)O)C(=O)O. The predicted octanol–water partition coefficient (Wildman–Crippen LogP) is 1.10. The van der Waals surface area contributed by atoms with Crippen molar-refractivity contribution in [2.24, 2.45) is 0 Å². The number of unbranched alkanes of at least 4 members (excludes halogenated alkanes) is 3. The second-order valence-corrected chi connectivity index (χ2v) is 3.31. The van der Waals surface area contributed by atoms with Crippen LogP contribution in [0.3, 0.4) is 0 Å². The first-order chi connectivity index (χ1) is 7.57. The Morgan fingerprint density at radius 2 is 1.81 bits per heavy atom. The van der Waals surface area contributed by atoms with E-state index in [1.54, 1.807) is 0 Å². The van der Waals surface area contributed by atoms with Gasteiger partial charge in [0.1, 0.15) is 6.61 Å². The molecule has 94 valence electrons. The van der Waals surface area contributed by atoms with E-state index in [-0.39, 0.29) is 6.61 Å². The lowest BCUT2D eigenvalue weighted by Gasteiger charge is -2.12. The van der Waals surface area contributed by atoms with Gasteiger partial charge in [0.2, 0.25) is 0 Å². The molecule has 0 amide bonds. The molecule has 1 unspecified atom stereocenters. The van der Waals surface area contributed by atoms with E-state index in [1.165, 1.54) is 0 Å². The average Bonchev–Trinajstić information content (AvgIpc) is 2.21. The van der Waals surface area contributed by atoms with Crippen molar-refractivity contribution in [3.05, 3.63) is 0 Å². The van der Waals surface area contributed by atoms with Gasteiger partial charge in [0.15, 0.2) is 0 Å². The molecular weight excluding hydrogens is 216 g/mol. The minimum absolute atomic E-state index is 0.261. The minimum Gasteiger partial charge on any atom is -0.480 e. The van der Waals surface area contributed by atoms with Gasteiger partial charge in [-0.3, -0.25) is 0 Å². The van der Waals surface area contributed by atoms with Gasteiger partial charge >= 0.3 is 11.9 Å². The summed E-state index contributed by atoms with van der Waals surface area (Å²) in [4.78, 5) is 20.8. The molecule has 6 nitrogen and oxygen atoms in total. The molecule has 0 radical (unpaired) electrons. The molecule has 0 aliphatic heterocycles. The molecule has 0 aliphatic carbocycles. The third kappa shape index (κ3) is 8.19. The number of carbonyl (C=O) groups is 2. The molecule has 2 N–H and O–H groups in total. The summed E-state index contributed by atoms with van der Waals surface area (Å²) in [7, 11) is 0. The smallest absolute Gasteiger partial charge is 0.361 e. The maximum atomic E-state index is 10.6. The van der Waals surface area contributed by atoms with Crippen molar-refractivity contribution in [3.63, 3.8) is 0 Å². The second kappa shape index (κ2) is 9.11. The molecule has 0 aromatic carbocycles. The maximum absolute atomic E-state index is 10.6. The van der Waals surface area contributed by atoms with Crippen LogP contribution in [0.15, 0.2) is 0 Å². The Kier molecular flexibility index (Phi) is 8.46. The van der Waals surface area contributed by atoms with Crippen LogP contribution in [0.4, 0.5) is 0 Å². The molecular formula is C10H18O6. The Balaban J connectivity index is 3.68. The highest BCUT2D eigenvalue weighted by Gasteiger charge is 2.19. The summed E-state index contributed by atoms with van der Waals surface area (Å²) in [5, 5.41) is 17.0. The van der Waals surface area contributed by atoms with Gasteiger partial charge in [-0.15, -0.1) is 0 Å². The molecule has 16 heavy (non-hydrogen) atoms. The van der Waals surface area contributed by atoms with E-state index >= 15 is 0 Å². The second-order valence-electron chi connectivity index (χ2n) is 3.31. The van der Waals surface area contributed by atoms with E-state index in [4.69, 9.17) is 14.9 Å². The Hall–Kier alpha value is -1.14.